The highest BCUT2D eigenvalue weighted by molar-refractivity contribution is 6.01. The number of aromatic hydroxyl groups is 3. The van der Waals surface area contributed by atoms with Gasteiger partial charge in [0.05, 0.1) is 5.56 Å². The number of hydrogen-bond acceptors (Lipinski definition) is 4. The van der Waals surface area contributed by atoms with E-state index >= 15 is 0 Å². The van der Waals surface area contributed by atoms with Gasteiger partial charge in [-0.15, -0.1) is 0 Å². The van der Waals surface area contributed by atoms with E-state index in [4.69, 9.17) is 0 Å². The number of hydrogen-bond donors (Lipinski definition) is 3. The molecule has 4 nitrogen and oxygen atoms in total. The maximum Gasteiger partial charge on any atom is 0.171 e. The minimum Gasteiger partial charge on any atom is -0.508 e. The van der Waals surface area contributed by atoms with Gasteiger partial charge in [-0.3, -0.25) is 4.79 Å². The summed E-state index contributed by atoms with van der Waals surface area (Å²) in [5.74, 6) is -0.391. The molecule has 0 atom stereocenters. The molecule has 0 fully saturated rings. The summed E-state index contributed by atoms with van der Waals surface area (Å²) in [5.41, 5.74) is 1.49. The third kappa shape index (κ3) is 2.85. The third-order valence-corrected chi connectivity index (χ3v) is 2.88. The van der Waals surface area contributed by atoms with Crippen LogP contribution in [0.5, 0.6) is 17.2 Å². The van der Waals surface area contributed by atoms with Crippen LogP contribution in [0.15, 0.2) is 36.4 Å². The van der Waals surface area contributed by atoms with E-state index in [1.165, 1.54) is 18.2 Å². The Labute approximate surface area is 110 Å². The van der Waals surface area contributed by atoms with E-state index < -0.39 is 0 Å². The zero-order valence-electron chi connectivity index (χ0n) is 10.4. The minimum absolute atomic E-state index is 0.0730. The van der Waals surface area contributed by atoms with Crippen molar-refractivity contribution >= 4 is 5.78 Å². The molecule has 3 N–H and O–H groups in total. The van der Waals surface area contributed by atoms with Crippen molar-refractivity contribution in [2.45, 2.75) is 13.3 Å². The molecule has 19 heavy (non-hydrogen) atoms. The number of phenols is 3. The molecule has 0 aliphatic heterocycles. The lowest BCUT2D eigenvalue weighted by atomic mass is 9.98. The van der Waals surface area contributed by atoms with Crippen LogP contribution < -0.4 is 0 Å². The number of phenolic OH excluding ortho intramolecular Hbond substituents is 3. The number of benzene rings is 2. The highest BCUT2D eigenvalue weighted by Gasteiger charge is 2.15. The number of carbonyl (C=O) groups is 1. The van der Waals surface area contributed by atoms with Crippen molar-refractivity contribution < 1.29 is 20.1 Å². The highest BCUT2D eigenvalue weighted by Crippen LogP contribution is 2.28. The molecule has 0 unspecified atom stereocenters. The molecule has 2 aromatic rings. The second kappa shape index (κ2) is 5.02. The lowest BCUT2D eigenvalue weighted by Crippen LogP contribution is -2.06. The van der Waals surface area contributed by atoms with Crippen molar-refractivity contribution in [3.63, 3.8) is 0 Å². The Kier molecular flexibility index (Phi) is 3.42. The number of aryl methyl sites for hydroxylation is 1. The van der Waals surface area contributed by atoms with Gasteiger partial charge in [-0.05, 0) is 36.2 Å². The summed E-state index contributed by atoms with van der Waals surface area (Å²) in [6.45, 7) is 1.66. The van der Waals surface area contributed by atoms with Crippen molar-refractivity contribution in [3.8, 4) is 17.2 Å². The van der Waals surface area contributed by atoms with Crippen molar-refractivity contribution in [1.29, 1.82) is 0 Å². The molecule has 0 aromatic heterocycles. The lowest BCUT2D eigenvalue weighted by molar-refractivity contribution is 0.0989. The summed E-state index contributed by atoms with van der Waals surface area (Å²) < 4.78 is 0. The quantitative estimate of drug-likeness (QED) is 0.739. The first-order chi connectivity index (χ1) is 8.97. The minimum atomic E-state index is -0.235. The topological polar surface area (TPSA) is 77.8 Å². The van der Waals surface area contributed by atoms with Gasteiger partial charge < -0.3 is 15.3 Å². The Morgan fingerprint density at radius 2 is 1.63 bits per heavy atom. The third-order valence-electron chi connectivity index (χ3n) is 2.88. The fourth-order valence-corrected chi connectivity index (χ4v) is 2.00. The van der Waals surface area contributed by atoms with Gasteiger partial charge in [0.2, 0.25) is 0 Å². The fourth-order valence-electron chi connectivity index (χ4n) is 2.00. The SMILES string of the molecule is Cc1cc(O)cc(O)c1C(=O)Cc1ccc(O)cc1. The average molecular weight is 258 g/mol. The Morgan fingerprint density at radius 1 is 1.00 bits per heavy atom. The molecule has 4 heteroatoms. The second-order valence-electron chi connectivity index (χ2n) is 4.42. The summed E-state index contributed by atoms with van der Waals surface area (Å²) in [6.07, 6.45) is 0.124. The van der Waals surface area contributed by atoms with Gasteiger partial charge >= 0.3 is 0 Å². The molecule has 0 radical (unpaired) electrons. The van der Waals surface area contributed by atoms with Crippen LogP contribution in [0.1, 0.15) is 21.5 Å². The van der Waals surface area contributed by atoms with Gasteiger partial charge in [-0.1, -0.05) is 12.1 Å². The van der Waals surface area contributed by atoms with Crippen LogP contribution in [0.25, 0.3) is 0 Å². The number of ketones is 1. The molecule has 2 aromatic carbocycles. The van der Waals surface area contributed by atoms with E-state index in [2.05, 4.69) is 0 Å². The van der Waals surface area contributed by atoms with Gasteiger partial charge in [0, 0.05) is 12.5 Å². The summed E-state index contributed by atoms with van der Waals surface area (Å²) in [6, 6.07) is 8.90. The van der Waals surface area contributed by atoms with E-state index in [-0.39, 0.29) is 35.0 Å². The summed E-state index contributed by atoms with van der Waals surface area (Å²) in [4.78, 5) is 12.1. The van der Waals surface area contributed by atoms with Crippen LogP contribution in [0.4, 0.5) is 0 Å². The van der Waals surface area contributed by atoms with Crippen LogP contribution in [0.3, 0.4) is 0 Å². The van der Waals surface area contributed by atoms with Crippen LogP contribution in [0, 0.1) is 6.92 Å². The molecule has 98 valence electrons. The van der Waals surface area contributed by atoms with Crippen LogP contribution in [-0.2, 0) is 6.42 Å². The first-order valence-corrected chi connectivity index (χ1v) is 5.81. The molecule has 0 aliphatic carbocycles. The number of rotatable bonds is 3. The van der Waals surface area contributed by atoms with Crippen molar-refractivity contribution in [2.75, 3.05) is 0 Å². The van der Waals surface area contributed by atoms with Crippen LogP contribution in [0.2, 0.25) is 0 Å². The predicted molar refractivity (Wildman–Crippen MR) is 70.6 cm³/mol. The van der Waals surface area contributed by atoms with Crippen LogP contribution in [-0.4, -0.2) is 21.1 Å². The van der Waals surface area contributed by atoms with E-state index in [1.807, 2.05) is 0 Å². The molecule has 2 rings (SSSR count). The molecule has 0 heterocycles. The average Bonchev–Trinajstić information content (AvgIpc) is 2.30. The van der Waals surface area contributed by atoms with Gasteiger partial charge in [0.1, 0.15) is 17.2 Å². The standard InChI is InChI=1S/C15H14O4/c1-9-6-12(17)8-14(19)15(9)13(18)7-10-2-4-11(16)5-3-10/h2-6,8,16-17,19H,7H2,1H3. The lowest BCUT2D eigenvalue weighted by Gasteiger charge is -2.08. The van der Waals surface area contributed by atoms with E-state index in [0.29, 0.717) is 5.56 Å². The zero-order valence-corrected chi connectivity index (χ0v) is 10.4. The smallest absolute Gasteiger partial charge is 0.171 e. The second-order valence-corrected chi connectivity index (χ2v) is 4.42. The first kappa shape index (κ1) is 13.0. The Morgan fingerprint density at radius 3 is 2.21 bits per heavy atom. The molecule has 0 bridgehead atoms. The van der Waals surface area contributed by atoms with Gasteiger partial charge in [0.25, 0.3) is 0 Å². The number of Topliss-reactive ketones (excluding diaryl/α,β-unsaturated/α-hetero) is 1. The summed E-state index contributed by atoms with van der Waals surface area (Å²) >= 11 is 0. The van der Waals surface area contributed by atoms with Gasteiger partial charge in [-0.25, -0.2) is 0 Å². The van der Waals surface area contributed by atoms with E-state index in [1.54, 1.807) is 19.1 Å². The predicted octanol–water partition coefficient (Wildman–Crippen LogP) is 2.54. The van der Waals surface area contributed by atoms with E-state index in [9.17, 15) is 20.1 Å². The van der Waals surface area contributed by atoms with Crippen LogP contribution >= 0.6 is 0 Å². The van der Waals surface area contributed by atoms with Gasteiger partial charge in [0.15, 0.2) is 5.78 Å². The Bertz CT molecular complexity index is 592. The first-order valence-electron chi connectivity index (χ1n) is 5.81. The summed E-state index contributed by atoms with van der Waals surface area (Å²) in [5, 5.41) is 28.2. The zero-order chi connectivity index (χ0) is 14.0. The monoisotopic (exact) mass is 258 g/mol. The van der Waals surface area contributed by atoms with Gasteiger partial charge in [-0.2, -0.15) is 0 Å². The fraction of sp³-hybridized carbons (Fsp3) is 0.133. The Hall–Kier alpha value is -2.49. The molecule has 0 amide bonds. The Balaban J connectivity index is 2.28. The molecule has 0 spiro atoms. The number of carbonyl (C=O) groups excluding carboxylic acids is 1. The molecule has 0 saturated carbocycles. The normalized spacial score (nSPS) is 10.4. The van der Waals surface area contributed by atoms with Crippen molar-refractivity contribution in [1.82, 2.24) is 0 Å². The summed E-state index contributed by atoms with van der Waals surface area (Å²) in [7, 11) is 0. The molecular formula is C15H14O4. The molecular weight excluding hydrogens is 244 g/mol. The largest absolute Gasteiger partial charge is 0.508 e. The molecule has 0 aliphatic rings. The van der Waals surface area contributed by atoms with E-state index in [0.717, 1.165) is 11.6 Å². The van der Waals surface area contributed by atoms with Crippen molar-refractivity contribution in [2.24, 2.45) is 0 Å². The maximum absolute atomic E-state index is 12.1. The highest BCUT2D eigenvalue weighted by atomic mass is 16.3. The molecule has 0 saturated heterocycles. The van der Waals surface area contributed by atoms with Crippen molar-refractivity contribution in [3.05, 3.63) is 53.1 Å². The maximum atomic E-state index is 12.1.